The predicted molar refractivity (Wildman–Crippen MR) is 160 cm³/mol. The number of nitrogens with one attached hydrogen (secondary N) is 3. The summed E-state index contributed by atoms with van der Waals surface area (Å²) in [5.74, 6) is 0.771. The van der Waals surface area contributed by atoms with E-state index in [1.54, 1.807) is 12.4 Å². The van der Waals surface area contributed by atoms with E-state index in [4.69, 9.17) is 4.74 Å². The van der Waals surface area contributed by atoms with Gasteiger partial charge in [-0.25, -0.2) is 4.79 Å². The number of hydrogen-bond donors (Lipinski definition) is 3. The van der Waals surface area contributed by atoms with Crippen LogP contribution < -0.4 is 20.7 Å². The number of urea groups is 1. The first-order chi connectivity index (χ1) is 19.6. The Bertz CT molecular complexity index is 1390. The Morgan fingerprint density at radius 2 is 1.80 bits per heavy atom. The minimum Gasteiger partial charge on any atom is -0.493 e. The molecule has 5 rings (SSSR count). The van der Waals surface area contributed by atoms with Crippen LogP contribution >= 0.6 is 0 Å². The number of aryl methyl sites for hydroxylation is 1. The molecule has 40 heavy (non-hydrogen) atoms. The standard InChI is InChI=1S/C33H37N5O2/c1-25-7-8-28(32(20-25)29-6-2-4-26(21-29)24-38-17-15-34-16-18-38)13-19-40-31-11-9-30(10-12-31)37-33(39)36-23-27-5-3-14-35-22-27/h2-12,14,20-22,34H,13,15-19,23-24H2,1H3,(H2,36,37,39). The molecular formula is C33H37N5O2. The molecule has 0 radical (unpaired) electrons. The fourth-order valence-corrected chi connectivity index (χ4v) is 4.92. The number of anilines is 1. The van der Waals surface area contributed by atoms with Crippen LogP contribution in [0.5, 0.6) is 5.75 Å². The van der Waals surface area contributed by atoms with Gasteiger partial charge in [-0.15, -0.1) is 0 Å². The van der Waals surface area contributed by atoms with E-state index in [-0.39, 0.29) is 6.03 Å². The van der Waals surface area contributed by atoms with E-state index in [2.05, 4.69) is 75.2 Å². The van der Waals surface area contributed by atoms with Gasteiger partial charge in [0.15, 0.2) is 0 Å². The highest BCUT2D eigenvalue weighted by molar-refractivity contribution is 5.89. The van der Waals surface area contributed by atoms with Gasteiger partial charge >= 0.3 is 6.03 Å². The number of carbonyl (C=O) groups is 1. The Kier molecular flexibility index (Phi) is 9.40. The van der Waals surface area contributed by atoms with Crippen molar-refractivity contribution < 1.29 is 9.53 Å². The van der Waals surface area contributed by atoms with Crippen LogP contribution in [0.25, 0.3) is 11.1 Å². The minimum absolute atomic E-state index is 0.263. The molecule has 3 N–H and O–H groups in total. The first-order valence-corrected chi connectivity index (χ1v) is 13.9. The summed E-state index contributed by atoms with van der Waals surface area (Å²) in [6.45, 7) is 8.41. The number of pyridine rings is 1. The molecule has 0 saturated carbocycles. The van der Waals surface area contributed by atoms with Crippen molar-refractivity contribution in [3.63, 3.8) is 0 Å². The molecular weight excluding hydrogens is 498 g/mol. The lowest BCUT2D eigenvalue weighted by atomic mass is 9.94. The number of rotatable bonds is 10. The lowest BCUT2D eigenvalue weighted by molar-refractivity contribution is 0.233. The fraction of sp³-hybridized carbons (Fsp3) is 0.273. The van der Waals surface area contributed by atoms with Crippen LogP contribution in [0.3, 0.4) is 0 Å². The van der Waals surface area contributed by atoms with Crippen LogP contribution in [0.2, 0.25) is 0 Å². The molecule has 7 nitrogen and oxygen atoms in total. The third kappa shape index (κ3) is 7.91. The summed E-state index contributed by atoms with van der Waals surface area (Å²) in [5.41, 5.74) is 8.04. The van der Waals surface area contributed by atoms with Gasteiger partial charge in [0.2, 0.25) is 0 Å². The number of amides is 2. The summed E-state index contributed by atoms with van der Waals surface area (Å²) in [4.78, 5) is 18.8. The lowest BCUT2D eigenvalue weighted by Gasteiger charge is -2.27. The molecule has 1 aliphatic rings. The van der Waals surface area contributed by atoms with Gasteiger partial charge in [-0.2, -0.15) is 0 Å². The van der Waals surface area contributed by atoms with Crippen molar-refractivity contribution in [2.24, 2.45) is 0 Å². The number of aromatic nitrogens is 1. The van der Waals surface area contributed by atoms with Crippen LogP contribution in [-0.2, 0) is 19.5 Å². The SMILES string of the molecule is Cc1ccc(CCOc2ccc(NC(=O)NCc3cccnc3)cc2)c(-c2cccc(CN3CCNCC3)c2)c1. The third-order valence-corrected chi connectivity index (χ3v) is 7.05. The number of benzene rings is 3. The van der Waals surface area contributed by atoms with Gasteiger partial charge in [0.1, 0.15) is 5.75 Å². The van der Waals surface area contributed by atoms with Gasteiger partial charge < -0.3 is 20.7 Å². The topological polar surface area (TPSA) is 78.5 Å². The van der Waals surface area contributed by atoms with Crippen LogP contribution in [0.4, 0.5) is 10.5 Å². The highest BCUT2D eigenvalue weighted by atomic mass is 16.5. The van der Waals surface area contributed by atoms with Crippen LogP contribution in [-0.4, -0.2) is 48.7 Å². The summed E-state index contributed by atoms with van der Waals surface area (Å²) >= 11 is 0. The van der Waals surface area contributed by atoms with Crippen LogP contribution in [0.1, 0.15) is 22.3 Å². The number of hydrogen-bond acceptors (Lipinski definition) is 5. The average Bonchev–Trinajstić information content (AvgIpc) is 2.99. The Labute approximate surface area is 236 Å². The molecule has 1 aromatic heterocycles. The molecule has 3 aromatic carbocycles. The monoisotopic (exact) mass is 535 g/mol. The quantitative estimate of drug-likeness (QED) is 0.253. The second-order valence-electron chi connectivity index (χ2n) is 10.2. The van der Waals surface area contributed by atoms with Gasteiger partial charge in [0.05, 0.1) is 6.61 Å². The van der Waals surface area contributed by atoms with Crippen molar-refractivity contribution >= 4 is 11.7 Å². The summed E-state index contributed by atoms with van der Waals surface area (Å²) in [7, 11) is 0. The molecule has 0 spiro atoms. The Morgan fingerprint density at radius 3 is 2.60 bits per heavy atom. The second-order valence-corrected chi connectivity index (χ2v) is 10.2. The van der Waals surface area contributed by atoms with Crippen LogP contribution in [0, 0.1) is 6.92 Å². The number of ether oxygens (including phenoxy) is 1. The molecule has 4 aromatic rings. The molecule has 7 heteroatoms. The number of piperazine rings is 1. The van der Waals surface area contributed by atoms with Crippen molar-refractivity contribution in [2.45, 2.75) is 26.4 Å². The molecule has 1 saturated heterocycles. The lowest BCUT2D eigenvalue weighted by Crippen LogP contribution is -2.42. The van der Waals surface area contributed by atoms with E-state index in [1.165, 1.54) is 27.8 Å². The van der Waals surface area contributed by atoms with Gasteiger partial charge in [-0.3, -0.25) is 9.88 Å². The van der Waals surface area contributed by atoms with Gasteiger partial charge in [0, 0.05) is 63.8 Å². The summed E-state index contributed by atoms with van der Waals surface area (Å²) in [5, 5.41) is 9.11. The first kappa shape index (κ1) is 27.4. The molecule has 0 unspecified atom stereocenters. The molecule has 206 valence electrons. The maximum Gasteiger partial charge on any atom is 0.319 e. The normalized spacial score (nSPS) is 13.5. The second kappa shape index (κ2) is 13.7. The molecule has 2 amide bonds. The molecule has 0 aliphatic carbocycles. The van der Waals surface area contributed by atoms with Crippen LogP contribution in [0.15, 0.2) is 91.3 Å². The number of carbonyl (C=O) groups excluding carboxylic acids is 1. The largest absolute Gasteiger partial charge is 0.493 e. The smallest absolute Gasteiger partial charge is 0.319 e. The predicted octanol–water partition coefficient (Wildman–Crippen LogP) is 5.41. The van der Waals surface area contributed by atoms with Crippen molar-refractivity contribution in [3.05, 3.63) is 114 Å². The van der Waals surface area contributed by atoms with Crippen molar-refractivity contribution in [1.29, 1.82) is 0 Å². The highest BCUT2D eigenvalue weighted by Crippen LogP contribution is 2.27. The van der Waals surface area contributed by atoms with E-state index in [0.717, 1.165) is 50.5 Å². The maximum absolute atomic E-state index is 12.2. The van der Waals surface area contributed by atoms with Gasteiger partial charge in [-0.1, -0.05) is 48.0 Å². The van der Waals surface area contributed by atoms with Gasteiger partial charge in [0.25, 0.3) is 0 Å². The maximum atomic E-state index is 12.2. The van der Waals surface area contributed by atoms with E-state index in [9.17, 15) is 4.79 Å². The Morgan fingerprint density at radius 1 is 0.975 bits per heavy atom. The minimum atomic E-state index is -0.263. The average molecular weight is 536 g/mol. The molecule has 1 aliphatic heterocycles. The Hall–Kier alpha value is -4.20. The molecule has 0 atom stereocenters. The highest BCUT2D eigenvalue weighted by Gasteiger charge is 2.12. The van der Waals surface area contributed by atoms with Gasteiger partial charge in [-0.05, 0) is 71.1 Å². The van der Waals surface area contributed by atoms with E-state index in [1.807, 2.05) is 36.4 Å². The zero-order chi connectivity index (χ0) is 27.6. The third-order valence-electron chi connectivity index (χ3n) is 7.05. The zero-order valence-corrected chi connectivity index (χ0v) is 23.0. The summed E-state index contributed by atoms with van der Waals surface area (Å²) < 4.78 is 6.07. The molecule has 2 heterocycles. The van der Waals surface area contributed by atoms with Crippen molar-refractivity contribution in [3.8, 4) is 16.9 Å². The summed E-state index contributed by atoms with van der Waals surface area (Å²) in [6.07, 6.45) is 4.24. The first-order valence-electron chi connectivity index (χ1n) is 13.9. The van der Waals surface area contributed by atoms with E-state index < -0.39 is 0 Å². The number of nitrogens with zero attached hydrogens (tertiary/aromatic N) is 2. The fourth-order valence-electron chi connectivity index (χ4n) is 4.92. The zero-order valence-electron chi connectivity index (χ0n) is 23.0. The summed E-state index contributed by atoms with van der Waals surface area (Å²) in [6, 6.07) is 26.6. The molecule has 1 fully saturated rings. The van der Waals surface area contributed by atoms with E-state index >= 15 is 0 Å². The van der Waals surface area contributed by atoms with Crippen molar-refractivity contribution in [2.75, 3.05) is 38.1 Å². The Balaban J connectivity index is 1.15. The van der Waals surface area contributed by atoms with Crippen molar-refractivity contribution in [1.82, 2.24) is 20.5 Å². The van der Waals surface area contributed by atoms with E-state index in [0.29, 0.717) is 18.8 Å². The molecule has 0 bridgehead atoms.